The molecule has 3 aromatic carbocycles. The maximum atomic E-state index is 4.98. The molecule has 0 radical (unpaired) electrons. The van der Waals surface area contributed by atoms with Crippen LogP contribution in [-0.4, -0.2) is 5.71 Å². The van der Waals surface area contributed by atoms with Crippen LogP contribution in [0.1, 0.15) is 23.1 Å². The highest BCUT2D eigenvalue weighted by Crippen LogP contribution is 2.52. The SMILES string of the molecule is C1=CC2=Nc3ccccc3C(c3ccccc3)(c3ccccc3)C2=CC1. The van der Waals surface area contributed by atoms with Crippen molar-refractivity contribution in [3.63, 3.8) is 0 Å². The normalized spacial score (nSPS) is 16.9. The second kappa shape index (κ2) is 5.96. The molecule has 0 fully saturated rings. The number of nitrogens with zero attached hydrogens (tertiary/aromatic N) is 1. The smallest absolute Gasteiger partial charge is 0.0740 e. The van der Waals surface area contributed by atoms with Crippen LogP contribution in [0, 0.1) is 0 Å². The summed E-state index contributed by atoms with van der Waals surface area (Å²) in [6.07, 6.45) is 7.65. The van der Waals surface area contributed by atoms with E-state index in [9.17, 15) is 0 Å². The summed E-state index contributed by atoms with van der Waals surface area (Å²) in [6.45, 7) is 0. The van der Waals surface area contributed by atoms with E-state index in [-0.39, 0.29) is 5.41 Å². The van der Waals surface area contributed by atoms with E-state index in [0.717, 1.165) is 17.8 Å². The summed E-state index contributed by atoms with van der Waals surface area (Å²) in [5, 5.41) is 0. The number of allylic oxidation sites excluding steroid dienone is 4. The molecule has 1 heteroatoms. The van der Waals surface area contributed by atoms with Gasteiger partial charge < -0.3 is 0 Å². The fourth-order valence-electron chi connectivity index (χ4n) is 4.33. The molecule has 0 aromatic heterocycles. The van der Waals surface area contributed by atoms with E-state index in [2.05, 4.69) is 103 Å². The van der Waals surface area contributed by atoms with Gasteiger partial charge in [-0.1, -0.05) is 91.0 Å². The van der Waals surface area contributed by atoms with E-state index < -0.39 is 0 Å². The first-order chi connectivity index (χ1) is 12.9. The fourth-order valence-corrected chi connectivity index (χ4v) is 4.33. The molecule has 3 aromatic rings. The first-order valence-electron chi connectivity index (χ1n) is 9.07. The first kappa shape index (κ1) is 15.1. The summed E-state index contributed by atoms with van der Waals surface area (Å²) in [7, 11) is 0. The lowest BCUT2D eigenvalue weighted by Crippen LogP contribution is -2.37. The van der Waals surface area contributed by atoms with Crippen molar-refractivity contribution in [2.24, 2.45) is 4.99 Å². The molecule has 0 atom stereocenters. The third-order valence-corrected chi connectivity index (χ3v) is 5.38. The Balaban J connectivity index is 1.95. The van der Waals surface area contributed by atoms with Crippen molar-refractivity contribution in [3.8, 4) is 0 Å². The number of fused-ring (bicyclic) bond motifs is 2. The Bertz CT molecular complexity index is 1000. The van der Waals surface area contributed by atoms with Crippen molar-refractivity contribution in [2.75, 3.05) is 0 Å². The van der Waals surface area contributed by atoms with Gasteiger partial charge in [-0.15, -0.1) is 0 Å². The minimum Gasteiger partial charge on any atom is -0.248 e. The van der Waals surface area contributed by atoms with Crippen molar-refractivity contribution in [1.29, 1.82) is 0 Å². The molecule has 1 aliphatic carbocycles. The Hall–Kier alpha value is -3.19. The van der Waals surface area contributed by atoms with E-state index >= 15 is 0 Å². The zero-order chi connectivity index (χ0) is 17.4. The van der Waals surface area contributed by atoms with Gasteiger partial charge in [0.05, 0.1) is 16.8 Å². The largest absolute Gasteiger partial charge is 0.248 e. The van der Waals surface area contributed by atoms with Crippen LogP contribution in [0.15, 0.2) is 114 Å². The summed E-state index contributed by atoms with van der Waals surface area (Å²) in [5.74, 6) is 0. The van der Waals surface area contributed by atoms with Crippen molar-refractivity contribution < 1.29 is 0 Å². The summed E-state index contributed by atoms with van der Waals surface area (Å²) in [6, 6.07) is 30.2. The van der Waals surface area contributed by atoms with Gasteiger partial charge in [0.1, 0.15) is 0 Å². The van der Waals surface area contributed by atoms with Gasteiger partial charge in [0, 0.05) is 0 Å². The molecule has 26 heavy (non-hydrogen) atoms. The fraction of sp³-hybridized carbons (Fsp3) is 0.0800. The lowest BCUT2D eigenvalue weighted by Gasteiger charge is -2.42. The zero-order valence-electron chi connectivity index (χ0n) is 14.5. The Morgan fingerprint density at radius 1 is 0.692 bits per heavy atom. The van der Waals surface area contributed by atoms with Crippen LogP contribution in [0.2, 0.25) is 0 Å². The number of hydrogen-bond acceptors (Lipinski definition) is 1. The summed E-state index contributed by atoms with van der Waals surface area (Å²) >= 11 is 0. The van der Waals surface area contributed by atoms with Crippen LogP contribution in [-0.2, 0) is 5.41 Å². The number of rotatable bonds is 2. The zero-order valence-corrected chi connectivity index (χ0v) is 14.5. The van der Waals surface area contributed by atoms with Crippen molar-refractivity contribution in [1.82, 2.24) is 0 Å². The quantitative estimate of drug-likeness (QED) is 0.546. The molecule has 1 heterocycles. The van der Waals surface area contributed by atoms with Gasteiger partial charge >= 0.3 is 0 Å². The third-order valence-electron chi connectivity index (χ3n) is 5.38. The second-order valence-electron chi connectivity index (χ2n) is 6.75. The highest BCUT2D eigenvalue weighted by Gasteiger charge is 2.45. The predicted molar refractivity (Wildman–Crippen MR) is 108 cm³/mol. The Kier molecular flexibility index (Phi) is 3.46. The Morgan fingerprint density at radius 3 is 2.00 bits per heavy atom. The Labute approximate surface area is 154 Å². The number of aliphatic imine (C=N–C) groups is 1. The molecule has 0 unspecified atom stereocenters. The average molecular weight is 333 g/mol. The monoisotopic (exact) mass is 333 g/mol. The average Bonchev–Trinajstić information content (AvgIpc) is 2.73. The third kappa shape index (κ3) is 2.07. The topological polar surface area (TPSA) is 12.4 Å². The predicted octanol–water partition coefficient (Wildman–Crippen LogP) is 5.99. The molecule has 0 amide bonds. The van der Waals surface area contributed by atoms with Crippen LogP contribution in [0.25, 0.3) is 0 Å². The minimum atomic E-state index is -0.332. The molecule has 0 N–H and O–H groups in total. The number of para-hydroxylation sites is 1. The summed E-state index contributed by atoms with van der Waals surface area (Å²) in [5.41, 5.74) is 6.90. The summed E-state index contributed by atoms with van der Waals surface area (Å²) < 4.78 is 0. The van der Waals surface area contributed by atoms with Crippen LogP contribution < -0.4 is 0 Å². The highest BCUT2D eigenvalue weighted by molar-refractivity contribution is 6.15. The lowest BCUT2D eigenvalue weighted by atomic mass is 9.61. The lowest BCUT2D eigenvalue weighted by molar-refractivity contribution is 0.742. The second-order valence-corrected chi connectivity index (χ2v) is 6.75. The van der Waals surface area contributed by atoms with Gasteiger partial charge in [0.25, 0.3) is 0 Å². The maximum Gasteiger partial charge on any atom is 0.0740 e. The molecule has 124 valence electrons. The van der Waals surface area contributed by atoms with Gasteiger partial charge in [-0.3, -0.25) is 0 Å². The molecule has 2 aliphatic rings. The van der Waals surface area contributed by atoms with Crippen LogP contribution in [0.5, 0.6) is 0 Å². The van der Waals surface area contributed by atoms with E-state index in [1.54, 1.807) is 0 Å². The van der Waals surface area contributed by atoms with Gasteiger partial charge in [-0.2, -0.15) is 0 Å². The minimum absolute atomic E-state index is 0.332. The van der Waals surface area contributed by atoms with Gasteiger partial charge in [0.2, 0.25) is 0 Å². The van der Waals surface area contributed by atoms with Gasteiger partial charge in [-0.25, -0.2) is 4.99 Å². The highest BCUT2D eigenvalue weighted by atomic mass is 14.8. The maximum absolute atomic E-state index is 4.98. The molecule has 1 aliphatic heterocycles. The standard InChI is InChI=1S/C25H19N/c1-3-11-19(12-4-1)25(20-13-5-2-6-14-20)21-15-7-9-17-23(21)26-24-18-10-8-16-22(24)25/h1-7,9-18H,8H2. The number of hydrogen-bond donors (Lipinski definition) is 0. The molecule has 0 bridgehead atoms. The van der Waals surface area contributed by atoms with E-state index in [1.165, 1.54) is 22.3 Å². The van der Waals surface area contributed by atoms with Crippen molar-refractivity contribution >= 4 is 11.4 Å². The van der Waals surface area contributed by atoms with E-state index in [0.29, 0.717) is 0 Å². The summed E-state index contributed by atoms with van der Waals surface area (Å²) in [4.78, 5) is 4.98. The molecule has 1 nitrogen and oxygen atoms in total. The first-order valence-corrected chi connectivity index (χ1v) is 9.07. The van der Waals surface area contributed by atoms with Crippen LogP contribution in [0.3, 0.4) is 0 Å². The van der Waals surface area contributed by atoms with E-state index in [4.69, 9.17) is 4.99 Å². The van der Waals surface area contributed by atoms with Gasteiger partial charge in [-0.05, 0) is 40.8 Å². The van der Waals surface area contributed by atoms with Crippen LogP contribution >= 0.6 is 0 Å². The molecular weight excluding hydrogens is 314 g/mol. The number of benzene rings is 3. The van der Waals surface area contributed by atoms with Gasteiger partial charge in [0.15, 0.2) is 0 Å². The molecular formula is C25H19N. The van der Waals surface area contributed by atoms with Crippen molar-refractivity contribution in [3.05, 3.63) is 125 Å². The van der Waals surface area contributed by atoms with E-state index in [1.807, 2.05) is 0 Å². The Morgan fingerprint density at radius 2 is 1.31 bits per heavy atom. The van der Waals surface area contributed by atoms with Crippen molar-refractivity contribution in [2.45, 2.75) is 11.8 Å². The molecule has 0 saturated heterocycles. The molecule has 0 spiro atoms. The van der Waals surface area contributed by atoms with Crippen LogP contribution in [0.4, 0.5) is 5.69 Å². The molecule has 5 rings (SSSR count). The molecule has 0 saturated carbocycles.